The summed E-state index contributed by atoms with van der Waals surface area (Å²) in [5.74, 6) is -0.433. The lowest BCUT2D eigenvalue weighted by Gasteiger charge is -2.21. The summed E-state index contributed by atoms with van der Waals surface area (Å²) in [6.07, 6.45) is 2.82. The van der Waals surface area contributed by atoms with Crippen molar-refractivity contribution < 1.29 is 9.90 Å². The van der Waals surface area contributed by atoms with E-state index in [1.807, 2.05) is 13.1 Å². The van der Waals surface area contributed by atoms with Crippen LogP contribution in [-0.4, -0.2) is 22.5 Å². The van der Waals surface area contributed by atoms with Gasteiger partial charge in [-0.3, -0.25) is 9.78 Å². The maximum absolute atomic E-state index is 12.3. The van der Waals surface area contributed by atoms with Crippen LogP contribution in [0, 0.1) is 6.92 Å². The number of nitrogens with zero attached hydrogens (tertiary/aromatic N) is 1. The number of phenols is 1. The Morgan fingerprint density at radius 3 is 3.13 bits per heavy atom. The second kappa shape index (κ2) is 6.56. The quantitative estimate of drug-likeness (QED) is 0.807. The fourth-order valence-corrected chi connectivity index (χ4v) is 3.00. The highest BCUT2D eigenvalue weighted by molar-refractivity contribution is 6.31. The van der Waals surface area contributed by atoms with E-state index in [9.17, 15) is 9.90 Å². The Morgan fingerprint density at radius 2 is 2.30 bits per heavy atom. The molecule has 0 saturated carbocycles. The van der Waals surface area contributed by atoms with Crippen LogP contribution in [0.3, 0.4) is 0 Å². The summed E-state index contributed by atoms with van der Waals surface area (Å²) >= 11 is 5.89. The lowest BCUT2D eigenvalue weighted by molar-refractivity contribution is 0.0948. The Kier molecular flexibility index (Phi) is 4.50. The number of aromatic hydroxyl groups is 1. The fourth-order valence-electron chi connectivity index (χ4n) is 2.83. The third-order valence-electron chi connectivity index (χ3n) is 4.10. The number of amides is 1. The van der Waals surface area contributed by atoms with Crippen molar-refractivity contribution in [1.82, 2.24) is 15.6 Å². The molecule has 0 radical (unpaired) electrons. The van der Waals surface area contributed by atoms with Crippen molar-refractivity contribution in [2.45, 2.75) is 26.4 Å². The summed E-state index contributed by atoms with van der Waals surface area (Å²) in [4.78, 5) is 16.7. The number of halogens is 1. The number of aryl methyl sites for hydroxylation is 1. The van der Waals surface area contributed by atoms with Gasteiger partial charge in [-0.05, 0) is 54.8 Å². The van der Waals surface area contributed by atoms with E-state index in [0.29, 0.717) is 11.6 Å². The van der Waals surface area contributed by atoms with Gasteiger partial charge in [-0.1, -0.05) is 11.6 Å². The zero-order valence-electron chi connectivity index (χ0n) is 12.8. The predicted molar refractivity (Wildman–Crippen MR) is 88.7 cm³/mol. The van der Waals surface area contributed by atoms with Crippen molar-refractivity contribution in [3.63, 3.8) is 0 Å². The van der Waals surface area contributed by atoms with Gasteiger partial charge < -0.3 is 15.7 Å². The number of rotatable bonds is 3. The van der Waals surface area contributed by atoms with Crippen molar-refractivity contribution in [2.75, 3.05) is 6.54 Å². The van der Waals surface area contributed by atoms with Crippen LogP contribution in [0.5, 0.6) is 5.75 Å². The van der Waals surface area contributed by atoms with E-state index >= 15 is 0 Å². The number of pyridine rings is 1. The maximum Gasteiger partial charge on any atom is 0.255 e. The monoisotopic (exact) mass is 331 g/mol. The van der Waals surface area contributed by atoms with Crippen LogP contribution < -0.4 is 10.6 Å². The average molecular weight is 332 g/mol. The van der Waals surface area contributed by atoms with Gasteiger partial charge in [-0.15, -0.1) is 0 Å². The highest BCUT2D eigenvalue weighted by atomic mass is 35.5. The van der Waals surface area contributed by atoms with Crippen LogP contribution in [0.25, 0.3) is 0 Å². The fraction of sp³-hybridized carbons (Fsp3) is 0.294. The molecule has 0 saturated heterocycles. The highest BCUT2D eigenvalue weighted by Gasteiger charge is 2.17. The summed E-state index contributed by atoms with van der Waals surface area (Å²) in [5, 5.41) is 16.4. The number of aromatic nitrogens is 1. The zero-order valence-corrected chi connectivity index (χ0v) is 13.6. The normalized spacial score (nSPS) is 13.5. The molecule has 1 amide bonds. The molecular weight excluding hydrogens is 314 g/mol. The molecule has 1 aliphatic heterocycles. The lowest BCUT2D eigenvalue weighted by atomic mass is 9.96. The van der Waals surface area contributed by atoms with Crippen LogP contribution in [-0.2, 0) is 19.5 Å². The smallest absolute Gasteiger partial charge is 0.255 e. The molecule has 5 nitrogen and oxygen atoms in total. The van der Waals surface area contributed by atoms with Crippen molar-refractivity contribution in [2.24, 2.45) is 0 Å². The average Bonchev–Trinajstić information content (AvgIpc) is 2.56. The van der Waals surface area contributed by atoms with Crippen LogP contribution in [0.2, 0.25) is 5.02 Å². The number of hydrogen-bond donors (Lipinski definition) is 3. The molecule has 0 aliphatic carbocycles. The van der Waals surface area contributed by atoms with Crippen molar-refractivity contribution in [3.05, 3.63) is 57.4 Å². The van der Waals surface area contributed by atoms with Crippen molar-refractivity contribution >= 4 is 17.5 Å². The Bertz CT molecular complexity index is 762. The number of nitrogens with one attached hydrogen (secondary N) is 2. The van der Waals surface area contributed by atoms with Crippen molar-refractivity contribution in [3.8, 4) is 5.75 Å². The standard InChI is InChI=1S/C17H18ClN3O2/c1-10-15(13-4-5-19-7-11(13)8-20-10)9-21-17(23)14-6-12(18)2-3-16(14)22/h2-3,6,8,19,22H,4-5,7,9H2,1H3,(H,21,23). The second-order valence-electron chi connectivity index (χ2n) is 5.60. The molecule has 0 bridgehead atoms. The minimum absolute atomic E-state index is 0.0824. The minimum atomic E-state index is -0.351. The van der Waals surface area contributed by atoms with E-state index in [-0.39, 0.29) is 17.2 Å². The molecular formula is C17H18ClN3O2. The summed E-state index contributed by atoms with van der Waals surface area (Å²) in [5.41, 5.74) is 4.58. The molecule has 0 spiro atoms. The molecule has 1 aliphatic rings. The zero-order chi connectivity index (χ0) is 16.4. The molecule has 1 aromatic heterocycles. The van der Waals surface area contributed by atoms with Gasteiger partial charge in [-0.2, -0.15) is 0 Å². The molecule has 3 N–H and O–H groups in total. The van der Waals surface area contributed by atoms with Crippen LogP contribution in [0.15, 0.2) is 24.4 Å². The number of hydrogen-bond acceptors (Lipinski definition) is 4. The maximum atomic E-state index is 12.3. The van der Waals surface area contributed by atoms with E-state index in [1.54, 1.807) is 6.07 Å². The topological polar surface area (TPSA) is 74.2 Å². The van der Waals surface area contributed by atoms with Gasteiger partial charge in [0, 0.05) is 30.0 Å². The third kappa shape index (κ3) is 3.30. The first-order valence-electron chi connectivity index (χ1n) is 7.50. The first-order valence-corrected chi connectivity index (χ1v) is 7.87. The molecule has 23 heavy (non-hydrogen) atoms. The highest BCUT2D eigenvalue weighted by Crippen LogP contribution is 2.23. The van der Waals surface area contributed by atoms with E-state index in [1.165, 1.54) is 23.3 Å². The van der Waals surface area contributed by atoms with Gasteiger partial charge in [0.1, 0.15) is 5.75 Å². The van der Waals surface area contributed by atoms with Gasteiger partial charge in [0.25, 0.3) is 5.91 Å². The van der Waals surface area contributed by atoms with Crippen LogP contribution in [0.4, 0.5) is 0 Å². The second-order valence-corrected chi connectivity index (χ2v) is 6.03. The van der Waals surface area contributed by atoms with E-state index < -0.39 is 0 Å². The SMILES string of the molecule is Cc1ncc2c(c1CNC(=O)c1cc(Cl)ccc1O)CCNC2. The number of benzene rings is 1. The Hall–Kier alpha value is -2.11. The van der Waals surface area contributed by atoms with Gasteiger partial charge in [0.15, 0.2) is 0 Å². The molecule has 2 heterocycles. The molecule has 0 unspecified atom stereocenters. The van der Waals surface area contributed by atoms with E-state index in [0.717, 1.165) is 30.8 Å². The molecule has 1 aromatic carbocycles. The Balaban J connectivity index is 1.81. The Morgan fingerprint density at radius 1 is 1.48 bits per heavy atom. The molecule has 0 atom stereocenters. The van der Waals surface area contributed by atoms with E-state index in [2.05, 4.69) is 15.6 Å². The summed E-state index contributed by atoms with van der Waals surface area (Å²) < 4.78 is 0. The number of carbonyl (C=O) groups excluding carboxylic acids is 1. The summed E-state index contributed by atoms with van der Waals surface area (Å²) in [6, 6.07) is 4.42. The van der Waals surface area contributed by atoms with Gasteiger partial charge in [0.05, 0.1) is 5.56 Å². The first-order chi connectivity index (χ1) is 11.1. The summed E-state index contributed by atoms with van der Waals surface area (Å²) in [7, 11) is 0. The molecule has 120 valence electrons. The van der Waals surface area contributed by atoms with Crippen LogP contribution >= 0.6 is 11.6 Å². The summed E-state index contributed by atoms with van der Waals surface area (Å²) in [6.45, 7) is 4.05. The predicted octanol–water partition coefficient (Wildman–Crippen LogP) is 2.32. The number of fused-ring (bicyclic) bond motifs is 1. The number of carbonyl (C=O) groups is 1. The molecule has 2 aromatic rings. The Labute approximate surface area is 139 Å². The van der Waals surface area contributed by atoms with Gasteiger partial charge >= 0.3 is 0 Å². The number of phenolic OH excluding ortho intramolecular Hbond substituents is 1. The van der Waals surface area contributed by atoms with Crippen LogP contribution in [0.1, 0.15) is 32.7 Å². The molecule has 0 fully saturated rings. The van der Waals surface area contributed by atoms with Gasteiger partial charge in [-0.25, -0.2) is 0 Å². The molecule has 6 heteroatoms. The largest absolute Gasteiger partial charge is 0.507 e. The minimum Gasteiger partial charge on any atom is -0.507 e. The van der Waals surface area contributed by atoms with Gasteiger partial charge in [0.2, 0.25) is 0 Å². The third-order valence-corrected chi connectivity index (χ3v) is 4.33. The van der Waals surface area contributed by atoms with E-state index in [4.69, 9.17) is 11.6 Å². The van der Waals surface area contributed by atoms with Crippen molar-refractivity contribution in [1.29, 1.82) is 0 Å². The molecule has 3 rings (SSSR count). The first kappa shape index (κ1) is 15.8. The lowest BCUT2D eigenvalue weighted by Crippen LogP contribution is -2.28.